The highest BCUT2D eigenvalue weighted by atomic mass is 32.1. The number of ether oxygens (including phenoxy) is 1. The van der Waals surface area contributed by atoms with Gasteiger partial charge < -0.3 is 4.74 Å². The minimum atomic E-state index is 0.843. The minimum Gasteiger partial charge on any atom is -0.497 e. The molecule has 1 aromatic carbocycles. The zero-order valence-electron chi connectivity index (χ0n) is 9.01. The number of aromatic nitrogens is 1. The maximum absolute atomic E-state index is 5.12. The molecule has 0 saturated carbocycles. The Balaban J connectivity index is 2.21. The third-order valence-electron chi connectivity index (χ3n) is 2.26. The lowest BCUT2D eigenvalue weighted by atomic mass is 10.2. The molecule has 0 aliphatic carbocycles. The molecule has 0 atom stereocenters. The van der Waals surface area contributed by atoms with Gasteiger partial charge in [0.2, 0.25) is 0 Å². The van der Waals surface area contributed by atoms with Gasteiger partial charge in [0.1, 0.15) is 5.75 Å². The number of methoxy groups -OCH3 is 1. The van der Waals surface area contributed by atoms with Crippen molar-refractivity contribution in [3.05, 3.63) is 34.7 Å². The number of benzene rings is 1. The van der Waals surface area contributed by atoms with Gasteiger partial charge in [0, 0.05) is 17.4 Å². The highest BCUT2D eigenvalue weighted by Crippen LogP contribution is 2.24. The van der Waals surface area contributed by atoms with Crippen molar-refractivity contribution in [1.82, 2.24) is 4.98 Å². The van der Waals surface area contributed by atoms with E-state index in [4.69, 9.17) is 4.74 Å². The summed E-state index contributed by atoms with van der Waals surface area (Å²) >= 11 is 5.89. The van der Waals surface area contributed by atoms with Gasteiger partial charge in [-0.05, 0) is 30.0 Å². The third kappa shape index (κ3) is 2.57. The highest BCUT2D eigenvalue weighted by Gasteiger charge is 2.03. The van der Waals surface area contributed by atoms with Crippen molar-refractivity contribution >= 4 is 24.0 Å². The fraction of sp³-hybridized carbons (Fsp3) is 0.250. The van der Waals surface area contributed by atoms with Crippen LogP contribution in [0.25, 0.3) is 11.3 Å². The van der Waals surface area contributed by atoms with E-state index in [-0.39, 0.29) is 0 Å². The second kappa shape index (κ2) is 5.37. The number of thiol groups is 1. The monoisotopic (exact) mass is 251 g/mol. The first-order valence-electron chi connectivity index (χ1n) is 5.03. The summed E-state index contributed by atoms with van der Waals surface area (Å²) in [6.07, 6.45) is 0.934. The quantitative estimate of drug-likeness (QED) is 0.842. The number of thiazole rings is 1. The van der Waals surface area contributed by atoms with Gasteiger partial charge in [0.05, 0.1) is 17.8 Å². The molecular weight excluding hydrogens is 238 g/mol. The zero-order chi connectivity index (χ0) is 11.4. The van der Waals surface area contributed by atoms with Crippen LogP contribution in [-0.4, -0.2) is 17.8 Å². The number of hydrogen-bond donors (Lipinski definition) is 1. The molecule has 0 aliphatic rings. The molecule has 0 fully saturated rings. The summed E-state index contributed by atoms with van der Waals surface area (Å²) in [5.41, 5.74) is 2.16. The number of rotatable bonds is 4. The summed E-state index contributed by atoms with van der Waals surface area (Å²) in [6.45, 7) is 0. The van der Waals surface area contributed by atoms with E-state index in [0.717, 1.165) is 34.2 Å². The number of nitrogens with zero attached hydrogens (tertiary/aromatic N) is 1. The average Bonchev–Trinajstić information content (AvgIpc) is 2.78. The number of aryl methyl sites for hydroxylation is 1. The Labute approximate surface area is 105 Å². The summed E-state index contributed by atoms with van der Waals surface area (Å²) in [5, 5.41) is 3.22. The smallest absolute Gasteiger partial charge is 0.118 e. The molecule has 0 radical (unpaired) electrons. The fourth-order valence-electron chi connectivity index (χ4n) is 1.42. The first-order chi connectivity index (χ1) is 7.83. The molecule has 0 saturated heterocycles. The Kier molecular flexibility index (Phi) is 3.85. The van der Waals surface area contributed by atoms with Crippen LogP contribution in [-0.2, 0) is 6.42 Å². The van der Waals surface area contributed by atoms with Crippen molar-refractivity contribution in [1.29, 1.82) is 0 Å². The second-order valence-corrected chi connectivity index (χ2v) is 4.72. The van der Waals surface area contributed by atoms with Crippen LogP contribution >= 0.6 is 24.0 Å². The summed E-state index contributed by atoms with van der Waals surface area (Å²) in [7, 11) is 1.67. The summed E-state index contributed by atoms with van der Waals surface area (Å²) < 4.78 is 5.12. The van der Waals surface area contributed by atoms with E-state index in [9.17, 15) is 0 Å². The summed E-state index contributed by atoms with van der Waals surface area (Å²) in [4.78, 5) is 4.55. The Morgan fingerprint density at radius 2 is 2.06 bits per heavy atom. The molecule has 1 heterocycles. The summed E-state index contributed by atoms with van der Waals surface area (Å²) in [6, 6.07) is 7.96. The lowest BCUT2D eigenvalue weighted by Gasteiger charge is -2.00. The molecular formula is C12H13NOS2. The molecule has 1 aromatic heterocycles. The van der Waals surface area contributed by atoms with Gasteiger partial charge >= 0.3 is 0 Å². The van der Waals surface area contributed by atoms with Crippen LogP contribution in [0, 0.1) is 0 Å². The van der Waals surface area contributed by atoms with E-state index in [0.29, 0.717) is 0 Å². The van der Waals surface area contributed by atoms with Crippen molar-refractivity contribution < 1.29 is 4.74 Å². The molecule has 84 valence electrons. The Morgan fingerprint density at radius 1 is 1.31 bits per heavy atom. The third-order valence-corrected chi connectivity index (χ3v) is 3.40. The van der Waals surface area contributed by atoms with Gasteiger partial charge in [-0.3, -0.25) is 0 Å². The molecule has 2 aromatic rings. The molecule has 0 bridgehead atoms. The lowest BCUT2D eigenvalue weighted by molar-refractivity contribution is 0.415. The Morgan fingerprint density at radius 3 is 2.69 bits per heavy atom. The highest BCUT2D eigenvalue weighted by molar-refractivity contribution is 7.80. The van der Waals surface area contributed by atoms with Crippen LogP contribution in [0.15, 0.2) is 29.6 Å². The van der Waals surface area contributed by atoms with Crippen LogP contribution in [0.2, 0.25) is 0 Å². The Bertz CT molecular complexity index is 450. The van der Waals surface area contributed by atoms with Crippen molar-refractivity contribution in [2.45, 2.75) is 6.42 Å². The maximum Gasteiger partial charge on any atom is 0.118 e. The van der Waals surface area contributed by atoms with E-state index in [1.54, 1.807) is 18.4 Å². The van der Waals surface area contributed by atoms with Gasteiger partial charge in [-0.2, -0.15) is 12.6 Å². The Hall–Kier alpha value is -1.00. The maximum atomic E-state index is 5.12. The van der Waals surface area contributed by atoms with Gasteiger partial charge in [-0.25, -0.2) is 4.98 Å². The van der Waals surface area contributed by atoms with E-state index in [2.05, 4.69) is 23.0 Å². The van der Waals surface area contributed by atoms with Crippen molar-refractivity contribution in [3.8, 4) is 17.0 Å². The van der Waals surface area contributed by atoms with Crippen LogP contribution < -0.4 is 4.74 Å². The fourth-order valence-corrected chi connectivity index (χ4v) is 2.59. The summed E-state index contributed by atoms with van der Waals surface area (Å²) in [5.74, 6) is 1.71. The first-order valence-corrected chi connectivity index (χ1v) is 6.54. The normalized spacial score (nSPS) is 10.4. The molecule has 0 amide bonds. The van der Waals surface area contributed by atoms with Crippen LogP contribution in [0.3, 0.4) is 0 Å². The van der Waals surface area contributed by atoms with Crippen molar-refractivity contribution in [2.24, 2.45) is 0 Å². The standard InChI is InChI=1S/C12H13NOS2/c1-14-10-4-2-9(3-5-10)11-8-16-12(13-11)6-7-15/h2-5,8,15H,6-7H2,1H3. The average molecular weight is 251 g/mol. The van der Waals surface area contributed by atoms with Crippen molar-refractivity contribution in [2.75, 3.05) is 12.9 Å². The van der Waals surface area contributed by atoms with E-state index in [1.165, 1.54) is 0 Å². The molecule has 4 heteroatoms. The minimum absolute atomic E-state index is 0.843. The predicted octanol–water partition coefficient (Wildman–Crippen LogP) is 3.29. The topological polar surface area (TPSA) is 22.1 Å². The SMILES string of the molecule is COc1ccc(-c2csc(CCS)n2)cc1. The van der Waals surface area contributed by atoms with E-state index in [1.807, 2.05) is 24.3 Å². The second-order valence-electron chi connectivity index (χ2n) is 3.33. The van der Waals surface area contributed by atoms with Crippen LogP contribution in [0.5, 0.6) is 5.75 Å². The van der Waals surface area contributed by atoms with Gasteiger partial charge in [0.25, 0.3) is 0 Å². The molecule has 0 unspecified atom stereocenters. The molecule has 16 heavy (non-hydrogen) atoms. The number of hydrogen-bond acceptors (Lipinski definition) is 4. The molecule has 2 nitrogen and oxygen atoms in total. The predicted molar refractivity (Wildman–Crippen MR) is 71.7 cm³/mol. The van der Waals surface area contributed by atoms with Gasteiger partial charge in [-0.15, -0.1) is 11.3 Å². The van der Waals surface area contributed by atoms with Gasteiger partial charge in [-0.1, -0.05) is 0 Å². The van der Waals surface area contributed by atoms with Crippen molar-refractivity contribution in [3.63, 3.8) is 0 Å². The lowest BCUT2D eigenvalue weighted by Crippen LogP contribution is -1.85. The van der Waals surface area contributed by atoms with E-state index < -0.39 is 0 Å². The zero-order valence-corrected chi connectivity index (χ0v) is 10.7. The van der Waals surface area contributed by atoms with E-state index >= 15 is 0 Å². The van der Waals surface area contributed by atoms with Gasteiger partial charge in [0.15, 0.2) is 0 Å². The van der Waals surface area contributed by atoms with Crippen LogP contribution in [0.4, 0.5) is 0 Å². The molecule has 0 aliphatic heterocycles. The molecule has 0 N–H and O–H groups in total. The van der Waals surface area contributed by atoms with Crippen LogP contribution in [0.1, 0.15) is 5.01 Å². The first kappa shape index (κ1) is 11.5. The molecule has 2 rings (SSSR count). The molecule has 0 spiro atoms. The largest absolute Gasteiger partial charge is 0.497 e.